The molecular formula is C11H12F2N2O3. The van der Waals surface area contributed by atoms with Crippen molar-refractivity contribution in [3.8, 4) is 0 Å². The smallest absolute Gasteiger partial charge is 0.326 e. The summed E-state index contributed by atoms with van der Waals surface area (Å²) in [6.45, 7) is 1.75. The number of carbonyl (C=O) groups excluding carboxylic acids is 1. The minimum Gasteiger partial charge on any atom is -0.480 e. The van der Waals surface area contributed by atoms with Crippen molar-refractivity contribution in [1.82, 2.24) is 10.3 Å². The molecule has 0 radical (unpaired) electrons. The second-order valence-electron chi connectivity index (χ2n) is 3.64. The molecule has 1 heterocycles. The van der Waals surface area contributed by atoms with Gasteiger partial charge in [-0.3, -0.25) is 4.79 Å². The van der Waals surface area contributed by atoms with Crippen molar-refractivity contribution >= 4 is 11.9 Å². The maximum absolute atomic E-state index is 13.2. The number of hydrogen-bond donors (Lipinski definition) is 2. The van der Waals surface area contributed by atoms with Gasteiger partial charge in [-0.05, 0) is 6.42 Å². The van der Waals surface area contributed by atoms with Gasteiger partial charge in [0.1, 0.15) is 11.9 Å². The van der Waals surface area contributed by atoms with Crippen molar-refractivity contribution in [1.29, 1.82) is 0 Å². The highest BCUT2D eigenvalue weighted by molar-refractivity contribution is 5.95. The minimum atomic E-state index is -1.22. The van der Waals surface area contributed by atoms with Crippen LogP contribution in [0.1, 0.15) is 30.3 Å². The van der Waals surface area contributed by atoms with E-state index in [4.69, 9.17) is 5.11 Å². The molecule has 1 amide bonds. The van der Waals surface area contributed by atoms with Crippen molar-refractivity contribution in [2.45, 2.75) is 25.8 Å². The number of pyridine rings is 1. The van der Waals surface area contributed by atoms with E-state index in [1.165, 1.54) is 0 Å². The Morgan fingerprint density at radius 2 is 2.17 bits per heavy atom. The molecule has 5 nitrogen and oxygen atoms in total. The van der Waals surface area contributed by atoms with Crippen LogP contribution >= 0.6 is 0 Å². The van der Waals surface area contributed by atoms with E-state index < -0.39 is 35.2 Å². The summed E-state index contributed by atoms with van der Waals surface area (Å²) in [7, 11) is 0. The van der Waals surface area contributed by atoms with Gasteiger partial charge in [-0.1, -0.05) is 13.3 Å². The molecule has 1 atom stereocenters. The van der Waals surface area contributed by atoms with Crippen molar-refractivity contribution in [2.24, 2.45) is 0 Å². The van der Waals surface area contributed by atoms with Gasteiger partial charge in [-0.15, -0.1) is 0 Å². The fourth-order valence-corrected chi connectivity index (χ4v) is 1.35. The van der Waals surface area contributed by atoms with Crippen molar-refractivity contribution < 1.29 is 23.5 Å². The third-order valence-corrected chi connectivity index (χ3v) is 2.20. The summed E-state index contributed by atoms with van der Waals surface area (Å²) in [4.78, 5) is 25.7. The highest BCUT2D eigenvalue weighted by Crippen LogP contribution is 2.07. The first-order valence-electron chi connectivity index (χ1n) is 5.30. The van der Waals surface area contributed by atoms with Crippen LogP contribution < -0.4 is 5.32 Å². The van der Waals surface area contributed by atoms with E-state index in [1.54, 1.807) is 6.92 Å². The summed E-state index contributed by atoms with van der Waals surface area (Å²) in [5, 5.41) is 11.0. The molecule has 0 aliphatic carbocycles. The lowest BCUT2D eigenvalue weighted by Gasteiger charge is -2.13. The average molecular weight is 258 g/mol. The van der Waals surface area contributed by atoms with Crippen LogP contribution in [0.5, 0.6) is 0 Å². The molecule has 1 aromatic heterocycles. The van der Waals surface area contributed by atoms with Crippen LogP contribution in [0.4, 0.5) is 8.78 Å². The van der Waals surface area contributed by atoms with Crippen molar-refractivity contribution in [3.63, 3.8) is 0 Å². The molecule has 0 saturated heterocycles. The molecule has 0 aliphatic rings. The summed E-state index contributed by atoms with van der Waals surface area (Å²) in [6, 6.07) is -0.605. The molecule has 1 aromatic rings. The third kappa shape index (κ3) is 3.47. The Balaban J connectivity index is 2.83. The van der Waals surface area contributed by atoms with Gasteiger partial charge < -0.3 is 10.4 Å². The normalized spacial score (nSPS) is 11.9. The van der Waals surface area contributed by atoms with Gasteiger partial charge in [-0.2, -0.15) is 0 Å². The summed E-state index contributed by atoms with van der Waals surface area (Å²) >= 11 is 0. The number of rotatable bonds is 5. The maximum Gasteiger partial charge on any atom is 0.326 e. The monoisotopic (exact) mass is 258 g/mol. The van der Waals surface area contributed by atoms with Gasteiger partial charge >= 0.3 is 5.97 Å². The molecule has 0 bridgehead atoms. The predicted molar refractivity (Wildman–Crippen MR) is 58.0 cm³/mol. The fourth-order valence-electron chi connectivity index (χ4n) is 1.35. The number of carbonyl (C=O) groups is 2. The molecule has 0 spiro atoms. The SMILES string of the molecule is CCCC(NC(=O)c1ncc(F)cc1F)C(=O)O. The first kappa shape index (κ1) is 14.0. The summed E-state index contributed by atoms with van der Waals surface area (Å²) < 4.78 is 25.8. The first-order valence-corrected chi connectivity index (χ1v) is 5.30. The van der Waals surface area contributed by atoms with Gasteiger partial charge in [0.2, 0.25) is 0 Å². The lowest BCUT2D eigenvalue weighted by Crippen LogP contribution is -2.41. The van der Waals surface area contributed by atoms with E-state index in [0.717, 1.165) is 0 Å². The molecular weight excluding hydrogens is 246 g/mol. The molecule has 1 rings (SSSR count). The average Bonchev–Trinajstić information content (AvgIpc) is 2.27. The van der Waals surface area contributed by atoms with Crippen molar-refractivity contribution in [2.75, 3.05) is 0 Å². The van der Waals surface area contributed by atoms with E-state index in [0.29, 0.717) is 18.7 Å². The lowest BCUT2D eigenvalue weighted by molar-refractivity contribution is -0.139. The van der Waals surface area contributed by atoms with Crippen LogP contribution in [-0.2, 0) is 4.79 Å². The molecule has 18 heavy (non-hydrogen) atoms. The molecule has 2 N–H and O–H groups in total. The Labute approximate surface area is 102 Å². The Morgan fingerprint density at radius 1 is 1.50 bits per heavy atom. The van der Waals surface area contributed by atoms with Crippen LogP contribution in [0, 0.1) is 11.6 Å². The first-order chi connectivity index (χ1) is 8.45. The molecule has 0 aromatic carbocycles. The highest BCUT2D eigenvalue weighted by Gasteiger charge is 2.22. The maximum atomic E-state index is 13.2. The quantitative estimate of drug-likeness (QED) is 0.835. The number of nitrogens with zero attached hydrogens (tertiary/aromatic N) is 1. The topological polar surface area (TPSA) is 79.3 Å². The number of amides is 1. The molecule has 0 fully saturated rings. The summed E-state index contributed by atoms with van der Waals surface area (Å²) in [5.41, 5.74) is -0.626. The van der Waals surface area contributed by atoms with Gasteiger partial charge in [0, 0.05) is 6.07 Å². The van der Waals surface area contributed by atoms with Crippen LogP contribution in [0.15, 0.2) is 12.3 Å². The number of hydrogen-bond acceptors (Lipinski definition) is 3. The van der Waals surface area contributed by atoms with Crippen molar-refractivity contribution in [3.05, 3.63) is 29.6 Å². The van der Waals surface area contributed by atoms with E-state index in [-0.39, 0.29) is 6.42 Å². The van der Waals surface area contributed by atoms with Gasteiger partial charge in [-0.25, -0.2) is 18.6 Å². The number of aromatic nitrogens is 1. The molecule has 0 aliphatic heterocycles. The zero-order valence-corrected chi connectivity index (χ0v) is 9.61. The second-order valence-corrected chi connectivity index (χ2v) is 3.64. The summed E-state index contributed by atoms with van der Waals surface area (Å²) in [5.74, 6) is -4.23. The van der Waals surface area contributed by atoms with Gasteiger partial charge in [0.15, 0.2) is 11.5 Å². The Kier molecular flexibility index (Phi) is 4.70. The number of carboxylic acid groups (broad SMARTS) is 1. The predicted octanol–water partition coefficient (Wildman–Crippen LogP) is 1.34. The third-order valence-electron chi connectivity index (χ3n) is 2.20. The minimum absolute atomic E-state index is 0.212. The number of nitrogens with one attached hydrogen (secondary N) is 1. The zero-order valence-electron chi connectivity index (χ0n) is 9.61. The highest BCUT2D eigenvalue weighted by atomic mass is 19.1. The molecule has 0 saturated carbocycles. The van der Waals surface area contributed by atoms with E-state index >= 15 is 0 Å². The number of carboxylic acids is 1. The lowest BCUT2D eigenvalue weighted by atomic mass is 10.1. The Bertz CT molecular complexity index is 466. The van der Waals surface area contributed by atoms with E-state index in [1.807, 2.05) is 0 Å². The van der Waals surface area contributed by atoms with Crippen LogP contribution in [0.3, 0.4) is 0 Å². The summed E-state index contributed by atoms with van der Waals surface area (Å²) in [6.07, 6.45) is 1.44. The molecule has 7 heteroatoms. The largest absolute Gasteiger partial charge is 0.480 e. The molecule has 98 valence electrons. The Hall–Kier alpha value is -2.05. The second kappa shape index (κ2) is 6.04. The zero-order chi connectivity index (χ0) is 13.7. The van der Waals surface area contributed by atoms with E-state index in [9.17, 15) is 18.4 Å². The van der Waals surface area contributed by atoms with Gasteiger partial charge in [0.25, 0.3) is 5.91 Å². The Morgan fingerprint density at radius 3 is 2.67 bits per heavy atom. The number of aliphatic carboxylic acids is 1. The standard InChI is InChI=1S/C11H12F2N2O3/c1-2-3-8(11(17)18)15-10(16)9-7(13)4-6(12)5-14-9/h4-5,8H,2-3H2,1H3,(H,15,16)(H,17,18). The molecule has 1 unspecified atom stereocenters. The van der Waals surface area contributed by atoms with Crippen LogP contribution in [-0.4, -0.2) is 28.0 Å². The fraction of sp³-hybridized carbons (Fsp3) is 0.364. The van der Waals surface area contributed by atoms with Crippen LogP contribution in [0.2, 0.25) is 0 Å². The van der Waals surface area contributed by atoms with E-state index in [2.05, 4.69) is 10.3 Å². The van der Waals surface area contributed by atoms with Gasteiger partial charge in [0.05, 0.1) is 6.20 Å². The number of halogens is 2. The van der Waals surface area contributed by atoms with Crippen LogP contribution in [0.25, 0.3) is 0 Å².